The summed E-state index contributed by atoms with van der Waals surface area (Å²) in [5.74, 6) is 0.892. The molecule has 3 rings (SSSR count). The van der Waals surface area contributed by atoms with Crippen LogP contribution in [0.25, 0.3) is 0 Å². The Bertz CT molecular complexity index is 318. The maximum atomic E-state index is 3.55. The molecule has 0 radical (unpaired) electrons. The van der Waals surface area contributed by atoms with Crippen molar-refractivity contribution in [2.75, 3.05) is 6.54 Å². The van der Waals surface area contributed by atoms with Gasteiger partial charge >= 0.3 is 0 Å². The Morgan fingerprint density at radius 2 is 1.87 bits per heavy atom. The first-order valence-electron chi connectivity index (χ1n) is 6.24. The van der Waals surface area contributed by atoms with Gasteiger partial charge in [0, 0.05) is 6.04 Å². The Hall–Kier alpha value is -0.820. The quantitative estimate of drug-likeness (QED) is 0.793. The molecular weight excluding hydrogens is 182 g/mol. The average molecular weight is 201 g/mol. The minimum absolute atomic E-state index is 0.733. The first kappa shape index (κ1) is 9.41. The summed E-state index contributed by atoms with van der Waals surface area (Å²) in [4.78, 5) is 0. The predicted molar refractivity (Wildman–Crippen MR) is 63.1 cm³/mol. The van der Waals surface area contributed by atoms with E-state index in [1.165, 1.54) is 44.2 Å². The monoisotopic (exact) mass is 201 g/mol. The molecule has 1 N–H and O–H groups in total. The van der Waals surface area contributed by atoms with Gasteiger partial charge in [-0.3, -0.25) is 0 Å². The van der Waals surface area contributed by atoms with E-state index in [1.807, 2.05) is 0 Å². The number of nitrogens with one attached hydrogen (secondary N) is 1. The molecule has 15 heavy (non-hydrogen) atoms. The van der Waals surface area contributed by atoms with Gasteiger partial charge < -0.3 is 5.32 Å². The Morgan fingerprint density at radius 1 is 1.07 bits per heavy atom. The fourth-order valence-corrected chi connectivity index (χ4v) is 2.56. The van der Waals surface area contributed by atoms with Crippen molar-refractivity contribution in [2.45, 2.75) is 44.1 Å². The van der Waals surface area contributed by atoms with Crippen molar-refractivity contribution in [3.8, 4) is 0 Å². The van der Waals surface area contributed by atoms with Gasteiger partial charge in [-0.1, -0.05) is 24.3 Å². The highest BCUT2D eigenvalue weighted by molar-refractivity contribution is 5.28. The first-order chi connectivity index (χ1) is 7.42. The summed E-state index contributed by atoms with van der Waals surface area (Å²) in [6.07, 6.45) is 6.73. The van der Waals surface area contributed by atoms with Crippen LogP contribution >= 0.6 is 0 Å². The number of rotatable bonds is 3. The molecule has 2 aliphatic rings. The number of benzene rings is 1. The lowest BCUT2D eigenvalue weighted by molar-refractivity contribution is 0.603. The van der Waals surface area contributed by atoms with Gasteiger partial charge in [-0.05, 0) is 55.7 Å². The molecule has 1 aromatic carbocycles. The van der Waals surface area contributed by atoms with Crippen LogP contribution in [0.5, 0.6) is 0 Å². The van der Waals surface area contributed by atoms with Crippen LogP contribution in [-0.4, -0.2) is 12.6 Å². The lowest BCUT2D eigenvalue weighted by Gasteiger charge is -2.10. The zero-order valence-electron chi connectivity index (χ0n) is 9.21. The van der Waals surface area contributed by atoms with Gasteiger partial charge in [0.05, 0.1) is 0 Å². The third-order valence-corrected chi connectivity index (χ3v) is 3.67. The molecule has 2 fully saturated rings. The van der Waals surface area contributed by atoms with E-state index in [9.17, 15) is 0 Å². The van der Waals surface area contributed by atoms with Crippen LogP contribution in [0.3, 0.4) is 0 Å². The van der Waals surface area contributed by atoms with Crippen molar-refractivity contribution in [1.82, 2.24) is 5.32 Å². The molecule has 1 heteroatoms. The van der Waals surface area contributed by atoms with Gasteiger partial charge in [-0.2, -0.15) is 0 Å². The molecule has 1 aliphatic heterocycles. The smallest absolute Gasteiger partial charge is 0.0108 e. The van der Waals surface area contributed by atoms with Crippen molar-refractivity contribution in [3.63, 3.8) is 0 Å². The second-order valence-electron chi connectivity index (χ2n) is 5.01. The zero-order valence-corrected chi connectivity index (χ0v) is 9.21. The van der Waals surface area contributed by atoms with Crippen LogP contribution in [0.2, 0.25) is 0 Å². The highest BCUT2D eigenvalue weighted by Crippen LogP contribution is 2.39. The summed E-state index contributed by atoms with van der Waals surface area (Å²) >= 11 is 0. The summed E-state index contributed by atoms with van der Waals surface area (Å²) in [5, 5.41) is 3.55. The minimum atomic E-state index is 0.733. The van der Waals surface area contributed by atoms with Crippen LogP contribution in [-0.2, 0) is 6.42 Å². The van der Waals surface area contributed by atoms with E-state index < -0.39 is 0 Å². The molecule has 1 nitrogen and oxygen atoms in total. The predicted octanol–water partition coefficient (Wildman–Crippen LogP) is 2.86. The van der Waals surface area contributed by atoms with Crippen LogP contribution in [0, 0.1) is 0 Å². The van der Waals surface area contributed by atoms with Crippen LogP contribution in [0.15, 0.2) is 24.3 Å². The summed E-state index contributed by atoms with van der Waals surface area (Å²) in [6, 6.07) is 10.1. The fraction of sp³-hybridized carbons (Fsp3) is 0.571. The van der Waals surface area contributed by atoms with E-state index in [0.717, 1.165) is 12.0 Å². The van der Waals surface area contributed by atoms with Crippen molar-refractivity contribution < 1.29 is 0 Å². The van der Waals surface area contributed by atoms with Gasteiger partial charge in [0.15, 0.2) is 0 Å². The van der Waals surface area contributed by atoms with E-state index in [4.69, 9.17) is 0 Å². The highest BCUT2D eigenvalue weighted by atomic mass is 14.9. The Balaban J connectivity index is 1.64. The molecule has 80 valence electrons. The van der Waals surface area contributed by atoms with Gasteiger partial charge in [0.1, 0.15) is 0 Å². The van der Waals surface area contributed by atoms with Crippen molar-refractivity contribution in [3.05, 3.63) is 35.4 Å². The molecule has 1 unspecified atom stereocenters. The zero-order chi connectivity index (χ0) is 10.1. The molecule has 1 aliphatic carbocycles. The van der Waals surface area contributed by atoms with E-state index >= 15 is 0 Å². The maximum Gasteiger partial charge on any atom is 0.0108 e. The molecule has 0 bridgehead atoms. The molecule has 0 spiro atoms. The van der Waals surface area contributed by atoms with Gasteiger partial charge in [0.2, 0.25) is 0 Å². The van der Waals surface area contributed by atoms with Crippen molar-refractivity contribution in [2.24, 2.45) is 0 Å². The van der Waals surface area contributed by atoms with Gasteiger partial charge in [-0.25, -0.2) is 0 Å². The molecule has 1 saturated carbocycles. The fourth-order valence-electron chi connectivity index (χ4n) is 2.56. The Kier molecular flexibility index (Phi) is 2.49. The number of hydrogen-bond acceptors (Lipinski definition) is 1. The average Bonchev–Trinajstić information content (AvgIpc) is 2.99. The first-order valence-corrected chi connectivity index (χ1v) is 6.24. The van der Waals surface area contributed by atoms with Crippen molar-refractivity contribution in [1.29, 1.82) is 0 Å². The largest absolute Gasteiger partial charge is 0.314 e. The van der Waals surface area contributed by atoms with Gasteiger partial charge in [0.25, 0.3) is 0 Å². The van der Waals surface area contributed by atoms with E-state index in [-0.39, 0.29) is 0 Å². The summed E-state index contributed by atoms with van der Waals surface area (Å²) < 4.78 is 0. The maximum absolute atomic E-state index is 3.55. The molecule has 1 saturated heterocycles. The van der Waals surface area contributed by atoms with E-state index in [2.05, 4.69) is 29.6 Å². The third-order valence-electron chi connectivity index (χ3n) is 3.67. The van der Waals surface area contributed by atoms with Crippen LogP contribution in [0.4, 0.5) is 0 Å². The number of hydrogen-bond donors (Lipinski definition) is 1. The van der Waals surface area contributed by atoms with Crippen molar-refractivity contribution >= 4 is 0 Å². The van der Waals surface area contributed by atoms with Gasteiger partial charge in [-0.15, -0.1) is 0 Å². The van der Waals surface area contributed by atoms with E-state index in [0.29, 0.717) is 0 Å². The van der Waals surface area contributed by atoms with Crippen LogP contribution < -0.4 is 5.32 Å². The molecule has 1 heterocycles. The summed E-state index contributed by atoms with van der Waals surface area (Å²) in [7, 11) is 0. The molecule has 1 aromatic rings. The topological polar surface area (TPSA) is 12.0 Å². The molecule has 0 aromatic heterocycles. The molecular formula is C14H19N. The summed E-state index contributed by atoms with van der Waals surface area (Å²) in [5.41, 5.74) is 3.05. The lowest BCUT2D eigenvalue weighted by atomic mass is 10.0. The second kappa shape index (κ2) is 3.97. The van der Waals surface area contributed by atoms with E-state index in [1.54, 1.807) is 5.56 Å². The van der Waals surface area contributed by atoms with Crippen LogP contribution in [0.1, 0.15) is 42.7 Å². The normalized spacial score (nSPS) is 25.7. The third kappa shape index (κ3) is 2.23. The summed E-state index contributed by atoms with van der Waals surface area (Å²) in [6.45, 7) is 1.21. The lowest BCUT2D eigenvalue weighted by Crippen LogP contribution is -2.23. The minimum Gasteiger partial charge on any atom is -0.314 e. The Labute approximate surface area is 91.9 Å². The molecule has 1 atom stereocenters. The standard InChI is InChI=1S/C14H19N/c1-2-14(15-9-1)10-11-3-5-12(6-4-11)13-7-8-13/h3-6,13-15H,1-2,7-10H2. The SMILES string of the molecule is c1cc(C2CC2)ccc1CC1CCCN1. The second-order valence-corrected chi connectivity index (χ2v) is 5.01. The molecule has 0 amide bonds. The highest BCUT2D eigenvalue weighted by Gasteiger charge is 2.23. The Morgan fingerprint density at radius 3 is 2.47 bits per heavy atom.